The maximum Gasteiger partial charge on any atom is 0.315 e. The molecule has 3 fully saturated rings. The fraction of sp³-hybridized carbons (Fsp3) is 0.727. The summed E-state index contributed by atoms with van der Waals surface area (Å²) in [6, 6.07) is -6.79. The molecule has 0 spiro atoms. The number of carbonyl (C=O) groups excluding carboxylic acids is 10. The zero-order chi connectivity index (χ0) is 62.3. The largest absolute Gasteiger partial charge is 0.379 e. The number of nitrogens with two attached hydrogens (primary N) is 3. The van der Waals surface area contributed by atoms with Gasteiger partial charge in [0.15, 0.2) is 0 Å². The summed E-state index contributed by atoms with van der Waals surface area (Å²) in [6.45, 7) is 3.30. The van der Waals surface area contributed by atoms with E-state index in [2.05, 4.69) is 68.1 Å². The molecule has 6 rings (SSSR count). The molecule has 4 aliphatic heterocycles. The van der Waals surface area contributed by atoms with E-state index < -0.39 is 90.1 Å². The number of aromatic amines is 1. The first-order valence-electron chi connectivity index (χ1n) is 30.4. The molecule has 9 atom stereocenters. The van der Waals surface area contributed by atoms with Crippen molar-refractivity contribution in [2.45, 2.75) is 176 Å². The van der Waals surface area contributed by atoms with Gasteiger partial charge >= 0.3 is 6.03 Å². The summed E-state index contributed by atoms with van der Waals surface area (Å²) in [4.78, 5) is 141. The summed E-state index contributed by atoms with van der Waals surface area (Å²) in [7, 11) is 0. The number of imidazole rings is 1. The Balaban J connectivity index is 0.965. The molecule has 3 saturated heterocycles. The van der Waals surface area contributed by atoms with E-state index >= 15 is 0 Å². The number of urea groups is 1. The van der Waals surface area contributed by atoms with Crippen molar-refractivity contribution in [1.82, 2.24) is 77.7 Å². The first kappa shape index (κ1) is 69.1. The molecule has 31 nitrogen and oxygen atoms in total. The number of thioether (sulfide) groups is 1. The van der Waals surface area contributed by atoms with Gasteiger partial charge in [0.25, 0.3) is 0 Å². The topological polar surface area (TPSA) is 447 Å². The summed E-state index contributed by atoms with van der Waals surface area (Å²) in [5.41, 5.74) is 18.2. The minimum Gasteiger partial charge on any atom is -0.379 e. The summed E-state index contributed by atoms with van der Waals surface area (Å²) >= 11 is 1.87. The first-order chi connectivity index (χ1) is 42.1. The van der Waals surface area contributed by atoms with Crippen molar-refractivity contribution in [2.24, 2.45) is 17.2 Å². The normalized spacial score (nSPS) is 24.5. The highest BCUT2D eigenvalue weighted by atomic mass is 32.2. The van der Waals surface area contributed by atoms with E-state index in [1.54, 1.807) is 10.9 Å². The van der Waals surface area contributed by atoms with Crippen LogP contribution < -0.4 is 65.1 Å². The predicted octanol–water partition coefficient (Wildman–Crippen LogP) is -3.47. The Bertz CT molecular complexity index is 2550. The van der Waals surface area contributed by atoms with Crippen molar-refractivity contribution in [2.75, 3.05) is 78.1 Å². The number of amides is 11. The van der Waals surface area contributed by atoms with Gasteiger partial charge < -0.3 is 89.1 Å². The third kappa shape index (κ3) is 24.2. The molecule has 2 aromatic rings. The Kier molecular flexibility index (Phi) is 29.9. The molecule has 11 amide bonds. The summed E-state index contributed by atoms with van der Waals surface area (Å²) < 4.78 is 18.5. The number of primary amides is 1. The van der Waals surface area contributed by atoms with Gasteiger partial charge in [0.2, 0.25) is 53.2 Å². The quantitative estimate of drug-likeness (QED) is 0.0278. The third-order valence-electron chi connectivity index (χ3n) is 15.3. The van der Waals surface area contributed by atoms with Crippen molar-refractivity contribution in [3.63, 3.8) is 0 Å². The zero-order valence-corrected chi connectivity index (χ0v) is 50.3. The van der Waals surface area contributed by atoms with Gasteiger partial charge in [0, 0.05) is 88.5 Å². The van der Waals surface area contributed by atoms with E-state index in [0.29, 0.717) is 127 Å². The molecule has 484 valence electrons. The minimum atomic E-state index is -1.36. The van der Waals surface area contributed by atoms with Crippen LogP contribution >= 0.6 is 11.8 Å². The highest BCUT2D eigenvalue weighted by Crippen LogP contribution is 2.33. The Morgan fingerprint density at radius 2 is 1.40 bits per heavy atom. The van der Waals surface area contributed by atoms with Crippen LogP contribution in [0.25, 0.3) is 0 Å². The van der Waals surface area contributed by atoms with E-state index in [-0.39, 0.29) is 82.2 Å². The highest BCUT2D eigenvalue weighted by Gasteiger charge is 2.43. The molecule has 87 heavy (non-hydrogen) atoms. The highest BCUT2D eigenvalue weighted by molar-refractivity contribution is 8.00. The number of fused-ring (bicyclic) bond motifs is 4. The molecule has 0 aliphatic carbocycles. The van der Waals surface area contributed by atoms with Crippen LogP contribution in [-0.2, 0) is 76.7 Å². The maximum atomic E-state index is 14.1. The number of hydrogen-bond donors (Lipinski definition) is 13. The van der Waals surface area contributed by atoms with E-state index in [1.807, 2.05) is 11.8 Å². The lowest BCUT2D eigenvalue weighted by Crippen LogP contribution is -2.58. The second kappa shape index (κ2) is 37.6. The van der Waals surface area contributed by atoms with Crippen LogP contribution in [0.2, 0.25) is 0 Å². The molecule has 0 saturated carbocycles. The standard InChI is InChI=1S/C55H90N18O13S/c56-17-5-3-10-39-52(80)67-41(29-35-30-59-34-63-35)51(79)62-31-47(76)73-21-7-12-43(73)54(82)66-38(11-4-6-20-72-32-36(70-71-72)28-37(57)49(77)64-40(53(81)65-39)15-16-45(58)74)50(78)61-19-9-23-85-25-27-86-26-24-84-22-8-18-60-46(75)14-2-1-13-44-48-42(33-87-44)68-55(83)69-48/h30,32,34,37-44,48H,1-29,31,33,56-57H2,(H2,58,74)(H,59,63)(H,60,75)(H,61,78)(H,62,79)(H,64,77)(H,65,81)(H,66,82)(H,67,80)(H2,68,69,83)/t37-,38-,39-,40-,41-,42+,43?,44?,48+/m0/s1. The van der Waals surface area contributed by atoms with Gasteiger partial charge in [0.05, 0.1) is 68.8 Å². The van der Waals surface area contributed by atoms with Crippen LogP contribution in [0.1, 0.15) is 114 Å². The monoisotopic (exact) mass is 1240 g/mol. The van der Waals surface area contributed by atoms with E-state index in [9.17, 15) is 47.9 Å². The fourth-order valence-corrected chi connectivity index (χ4v) is 12.1. The van der Waals surface area contributed by atoms with Crippen molar-refractivity contribution < 1.29 is 62.2 Å². The Morgan fingerprint density at radius 3 is 2.13 bits per heavy atom. The molecule has 2 aromatic heterocycles. The molecule has 16 N–H and O–H groups in total. The van der Waals surface area contributed by atoms with Crippen LogP contribution in [0.4, 0.5) is 4.79 Å². The van der Waals surface area contributed by atoms with Crippen LogP contribution in [0.15, 0.2) is 18.7 Å². The van der Waals surface area contributed by atoms with Gasteiger partial charge in [-0.2, -0.15) is 11.8 Å². The van der Waals surface area contributed by atoms with Crippen molar-refractivity contribution >= 4 is 71.0 Å². The fourth-order valence-electron chi connectivity index (χ4n) is 10.5. The molecule has 2 bridgehead atoms. The lowest BCUT2D eigenvalue weighted by Gasteiger charge is -2.27. The average molecular weight is 1240 g/mol. The molecule has 0 aromatic carbocycles. The average Bonchev–Trinajstić information content (AvgIpc) is 4.40. The van der Waals surface area contributed by atoms with Gasteiger partial charge in [-0.1, -0.05) is 11.6 Å². The second-order valence-corrected chi connectivity index (χ2v) is 23.4. The third-order valence-corrected chi connectivity index (χ3v) is 16.8. The molecular formula is C55H90N18O13S. The number of aryl methyl sites for hydroxylation is 1. The SMILES string of the molecule is NCCCC[C@@H]1NC(=O)[C@H](CCC(N)=O)NC(=O)[C@@H](N)Cc2cn(nn2)CCCC[C@@H](C(=O)NCCCOCCOCCOCCCNC(=O)CCCCC2SC[C@H]3NC(=O)N[C@@H]23)NC(=O)C2CCCN2C(=O)CNC(=O)[C@H](Cc2c[nH]cn2)NC1=O. The number of nitrogens with zero attached hydrogens (tertiary/aromatic N) is 5. The maximum absolute atomic E-state index is 14.1. The Labute approximate surface area is 510 Å². The van der Waals surface area contributed by atoms with Crippen molar-refractivity contribution in [3.8, 4) is 0 Å². The van der Waals surface area contributed by atoms with Crippen LogP contribution in [0.5, 0.6) is 0 Å². The molecule has 6 heterocycles. The van der Waals surface area contributed by atoms with E-state index in [4.69, 9.17) is 31.4 Å². The molecule has 0 radical (unpaired) electrons. The van der Waals surface area contributed by atoms with Crippen LogP contribution in [0.3, 0.4) is 0 Å². The summed E-state index contributed by atoms with van der Waals surface area (Å²) in [6.07, 6.45) is 11.0. The summed E-state index contributed by atoms with van der Waals surface area (Å²) in [5.74, 6) is -4.44. The number of H-pyrrole nitrogens is 1. The Hall–Kier alpha value is -7.00. The number of rotatable bonds is 29. The van der Waals surface area contributed by atoms with E-state index in [1.165, 1.54) is 17.4 Å². The number of ether oxygens (including phenoxy) is 3. The second-order valence-electron chi connectivity index (χ2n) is 22.1. The van der Waals surface area contributed by atoms with Crippen LogP contribution in [-0.4, -0.2) is 221 Å². The Morgan fingerprint density at radius 1 is 0.701 bits per heavy atom. The molecular weight excluding hydrogens is 1150 g/mol. The smallest absolute Gasteiger partial charge is 0.315 e. The first-order valence-corrected chi connectivity index (χ1v) is 31.5. The number of aromatic nitrogens is 5. The van der Waals surface area contributed by atoms with Gasteiger partial charge in [-0.25, -0.2) is 9.78 Å². The van der Waals surface area contributed by atoms with Gasteiger partial charge in [-0.3, -0.25) is 47.8 Å². The molecule has 2 unspecified atom stereocenters. The lowest BCUT2D eigenvalue weighted by atomic mass is 10.0. The zero-order valence-electron chi connectivity index (χ0n) is 49.5. The molecule has 32 heteroatoms. The minimum absolute atomic E-state index is 0.0214. The number of nitrogens with one attached hydrogen (secondary N) is 10. The number of unbranched alkanes of at least 4 members (excludes halogenated alkanes) is 2. The number of hydrogen-bond acceptors (Lipinski definition) is 19. The van der Waals surface area contributed by atoms with Gasteiger partial charge in [-0.15, -0.1) is 5.10 Å². The molecule has 4 aliphatic rings. The summed E-state index contributed by atoms with van der Waals surface area (Å²) in [5, 5.41) is 33.9. The van der Waals surface area contributed by atoms with Gasteiger partial charge in [-0.05, 0) is 90.0 Å². The lowest BCUT2D eigenvalue weighted by molar-refractivity contribution is -0.140. The van der Waals surface area contributed by atoms with Crippen molar-refractivity contribution in [3.05, 3.63) is 30.1 Å². The predicted molar refractivity (Wildman–Crippen MR) is 316 cm³/mol. The van der Waals surface area contributed by atoms with Crippen molar-refractivity contribution in [1.29, 1.82) is 0 Å². The van der Waals surface area contributed by atoms with Gasteiger partial charge in [0.1, 0.15) is 30.2 Å². The number of carbonyl (C=O) groups is 10. The van der Waals surface area contributed by atoms with E-state index in [0.717, 1.165) is 25.0 Å². The van der Waals surface area contributed by atoms with Crippen LogP contribution in [0, 0.1) is 0 Å².